The molecule has 0 rings (SSSR count). The van der Waals surface area contributed by atoms with Gasteiger partial charge in [0.15, 0.2) is 0 Å². The minimum Gasteiger partial charge on any atom is -0.481 e. The summed E-state index contributed by atoms with van der Waals surface area (Å²) in [4.78, 5) is 58.6. The molecule has 0 bridgehead atoms. The van der Waals surface area contributed by atoms with Crippen LogP contribution >= 0.6 is 0 Å². The van der Waals surface area contributed by atoms with Gasteiger partial charge in [0.25, 0.3) is 0 Å². The summed E-state index contributed by atoms with van der Waals surface area (Å²) in [7, 11) is 0. The molecule has 13 nitrogen and oxygen atoms in total. The highest BCUT2D eigenvalue weighted by Crippen LogP contribution is 2.05. The van der Waals surface area contributed by atoms with E-state index in [1.807, 2.05) is 0 Å². The Morgan fingerprint density at radius 2 is 1.31 bits per heavy atom. The van der Waals surface area contributed by atoms with Gasteiger partial charge in [-0.15, -0.1) is 0 Å². The summed E-state index contributed by atoms with van der Waals surface area (Å²) in [5.74, 6) is -4.31. The maximum absolute atomic E-state index is 12.6. The molecular formula is C19H36N6O7. The lowest BCUT2D eigenvalue weighted by Crippen LogP contribution is -2.53. The third-order valence-corrected chi connectivity index (χ3v) is 4.59. The van der Waals surface area contributed by atoms with Gasteiger partial charge >= 0.3 is 11.9 Å². The largest absolute Gasteiger partial charge is 0.481 e. The molecule has 0 aliphatic heterocycles. The molecule has 0 aromatic heterocycles. The molecule has 0 radical (unpaired) electrons. The van der Waals surface area contributed by atoms with Crippen molar-refractivity contribution in [2.45, 2.75) is 69.5 Å². The van der Waals surface area contributed by atoms with Crippen molar-refractivity contribution in [3.8, 4) is 0 Å². The van der Waals surface area contributed by atoms with Gasteiger partial charge in [0, 0.05) is 6.42 Å². The van der Waals surface area contributed by atoms with Gasteiger partial charge in [0.2, 0.25) is 17.7 Å². The zero-order valence-corrected chi connectivity index (χ0v) is 18.2. The standard InChI is InChI=1S/C19H36N6O7/c20-9-3-1-5-13(18(30)25-14(19(31)32)6-2-4-10-21)24-15(26)11-23-17(29)12(22)7-8-16(27)28/h12-14H,1-11,20-22H2,(H,23,29)(H,24,26)(H,25,30)(H,27,28)(H,31,32)/t12-,13-,14-/m0/s1. The van der Waals surface area contributed by atoms with E-state index in [0.717, 1.165) is 0 Å². The van der Waals surface area contributed by atoms with Gasteiger partial charge < -0.3 is 43.4 Å². The van der Waals surface area contributed by atoms with E-state index in [-0.39, 0.29) is 25.7 Å². The molecule has 0 saturated heterocycles. The van der Waals surface area contributed by atoms with Crippen molar-refractivity contribution < 1.29 is 34.2 Å². The Morgan fingerprint density at radius 3 is 1.81 bits per heavy atom. The number of carboxylic acid groups (broad SMARTS) is 2. The minimum atomic E-state index is -1.19. The Morgan fingerprint density at radius 1 is 0.750 bits per heavy atom. The summed E-state index contributed by atoms with van der Waals surface area (Å²) >= 11 is 0. The molecule has 3 atom stereocenters. The fourth-order valence-electron chi connectivity index (χ4n) is 2.74. The third kappa shape index (κ3) is 13.5. The van der Waals surface area contributed by atoms with E-state index in [9.17, 15) is 29.1 Å². The summed E-state index contributed by atoms with van der Waals surface area (Å²) in [5.41, 5.74) is 16.4. The smallest absolute Gasteiger partial charge is 0.326 e. The summed E-state index contributed by atoms with van der Waals surface area (Å²) in [5, 5.41) is 25.1. The first-order valence-corrected chi connectivity index (χ1v) is 10.6. The fraction of sp³-hybridized carbons (Fsp3) is 0.737. The molecule has 0 spiro atoms. The average Bonchev–Trinajstić information content (AvgIpc) is 2.74. The minimum absolute atomic E-state index is 0.0896. The first-order valence-electron chi connectivity index (χ1n) is 10.6. The van der Waals surface area contributed by atoms with E-state index in [0.29, 0.717) is 38.8 Å². The number of unbranched alkanes of at least 4 members (excludes halogenated alkanes) is 2. The molecule has 0 unspecified atom stereocenters. The number of carbonyl (C=O) groups is 5. The number of hydrogen-bond acceptors (Lipinski definition) is 8. The van der Waals surface area contributed by atoms with Crippen LogP contribution in [0, 0.1) is 0 Å². The number of nitrogens with one attached hydrogen (secondary N) is 3. The number of carbonyl (C=O) groups excluding carboxylic acids is 3. The molecule has 0 aliphatic carbocycles. The maximum Gasteiger partial charge on any atom is 0.326 e. The van der Waals surface area contributed by atoms with Crippen LogP contribution in [-0.2, 0) is 24.0 Å². The van der Waals surface area contributed by atoms with Crippen LogP contribution in [0.5, 0.6) is 0 Å². The summed E-state index contributed by atoms with van der Waals surface area (Å²) < 4.78 is 0. The summed E-state index contributed by atoms with van der Waals surface area (Å²) in [6, 6.07) is -3.22. The first kappa shape index (κ1) is 29.2. The van der Waals surface area contributed by atoms with E-state index >= 15 is 0 Å². The van der Waals surface area contributed by atoms with Crippen LogP contribution in [0.2, 0.25) is 0 Å². The predicted molar refractivity (Wildman–Crippen MR) is 115 cm³/mol. The Bertz CT molecular complexity index is 631. The van der Waals surface area contributed by atoms with E-state index < -0.39 is 54.3 Å². The van der Waals surface area contributed by atoms with Crippen LogP contribution < -0.4 is 33.2 Å². The second kappa shape index (κ2) is 16.9. The quantitative estimate of drug-likeness (QED) is 0.101. The summed E-state index contributed by atoms with van der Waals surface area (Å²) in [6.45, 7) is 0.326. The SMILES string of the molecule is NCCCC[C@H](NC(=O)[C@H](CCCCN)NC(=O)CNC(=O)[C@@H](N)CCC(=O)O)C(=O)O. The van der Waals surface area contributed by atoms with Crippen LogP contribution in [0.4, 0.5) is 0 Å². The second-order valence-corrected chi connectivity index (χ2v) is 7.35. The van der Waals surface area contributed by atoms with Crippen molar-refractivity contribution in [1.29, 1.82) is 0 Å². The lowest BCUT2D eigenvalue weighted by atomic mass is 10.1. The molecular weight excluding hydrogens is 424 g/mol. The van der Waals surface area contributed by atoms with Crippen molar-refractivity contribution in [3.05, 3.63) is 0 Å². The molecule has 0 heterocycles. The van der Waals surface area contributed by atoms with Crippen molar-refractivity contribution in [2.24, 2.45) is 17.2 Å². The van der Waals surface area contributed by atoms with E-state index in [1.54, 1.807) is 0 Å². The van der Waals surface area contributed by atoms with Gasteiger partial charge in [-0.1, -0.05) is 0 Å². The van der Waals surface area contributed by atoms with Crippen LogP contribution in [0.25, 0.3) is 0 Å². The van der Waals surface area contributed by atoms with Crippen molar-refractivity contribution in [2.75, 3.05) is 19.6 Å². The molecule has 3 amide bonds. The van der Waals surface area contributed by atoms with E-state index in [2.05, 4.69) is 16.0 Å². The zero-order valence-electron chi connectivity index (χ0n) is 18.2. The maximum atomic E-state index is 12.6. The Kier molecular flexibility index (Phi) is 15.4. The molecule has 0 aliphatic rings. The zero-order chi connectivity index (χ0) is 24.5. The number of amides is 3. The third-order valence-electron chi connectivity index (χ3n) is 4.59. The highest BCUT2D eigenvalue weighted by Gasteiger charge is 2.26. The molecule has 0 aromatic rings. The molecule has 13 heteroatoms. The lowest BCUT2D eigenvalue weighted by molar-refractivity contribution is -0.142. The van der Waals surface area contributed by atoms with Crippen LogP contribution in [-0.4, -0.2) is 77.6 Å². The molecule has 0 fully saturated rings. The van der Waals surface area contributed by atoms with Gasteiger partial charge in [-0.05, 0) is 58.0 Å². The Hall–Kier alpha value is -2.77. The predicted octanol–water partition coefficient (Wildman–Crippen LogP) is -2.39. The van der Waals surface area contributed by atoms with Crippen LogP contribution in [0.15, 0.2) is 0 Å². The highest BCUT2D eigenvalue weighted by molar-refractivity contribution is 5.92. The topological polar surface area (TPSA) is 240 Å². The van der Waals surface area contributed by atoms with Crippen LogP contribution in [0.1, 0.15) is 51.4 Å². The van der Waals surface area contributed by atoms with Gasteiger partial charge in [0.05, 0.1) is 12.6 Å². The monoisotopic (exact) mass is 460 g/mol. The number of hydrogen-bond donors (Lipinski definition) is 8. The Labute approximate surface area is 186 Å². The first-order chi connectivity index (χ1) is 15.1. The average molecular weight is 461 g/mol. The summed E-state index contributed by atoms with van der Waals surface area (Å²) in [6.07, 6.45) is 2.31. The normalized spacial score (nSPS) is 13.5. The number of carboxylic acids is 2. The molecule has 32 heavy (non-hydrogen) atoms. The van der Waals surface area contributed by atoms with E-state index in [1.165, 1.54) is 0 Å². The highest BCUT2D eigenvalue weighted by atomic mass is 16.4. The Balaban J connectivity index is 4.85. The fourth-order valence-corrected chi connectivity index (χ4v) is 2.74. The molecule has 184 valence electrons. The van der Waals surface area contributed by atoms with Gasteiger partial charge in [-0.2, -0.15) is 0 Å². The molecule has 0 saturated carbocycles. The van der Waals surface area contributed by atoms with Crippen LogP contribution in [0.3, 0.4) is 0 Å². The molecule has 0 aromatic carbocycles. The van der Waals surface area contributed by atoms with E-state index in [4.69, 9.17) is 22.3 Å². The van der Waals surface area contributed by atoms with Crippen molar-refractivity contribution in [1.82, 2.24) is 16.0 Å². The van der Waals surface area contributed by atoms with Crippen molar-refractivity contribution in [3.63, 3.8) is 0 Å². The number of aliphatic carboxylic acids is 2. The van der Waals surface area contributed by atoms with Gasteiger partial charge in [-0.3, -0.25) is 19.2 Å². The second-order valence-electron chi connectivity index (χ2n) is 7.35. The lowest BCUT2D eigenvalue weighted by Gasteiger charge is -2.22. The van der Waals surface area contributed by atoms with Gasteiger partial charge in [0.1, 0.15) is 12.1 Å². The number of rotatable bonds is 18. The van der Waals surface area contributed by atoms with Crippen molar-refractivity contribution >= 4 is 29.7 Å². The molecule has 11 N–H and O–H groups in total. The number of nitrogens with two attached hydrogens (primary N) is 3. The van der Waals surface area contributed by atoms with Gasteiger partial charge in [-0.25, -0.2) is 4.79 Å².